The molecule has 0 spiro atoms. The largest absolute Gasteiger partial charge is 0.351 e. The van der Waals surface area contributed by atoms with Crippen molar-refractivity contribution in [3.8, 4) is 0 Å². The van der Waals surface area contributed by atoms with E-state index < -0.39 is 0 Å². The molecule has 17 heavy (non-hydrogen) atoms. The number of hydrogen-bond donors (Lipinski definition) is 1. The Hall–Kier alpha value is -0.350. The lowest BCUT2D eigenvalue weighted by atomic mass is 9.96. The first kappa shape index (κ1) is 14.7. The van der Waals surface area contributed by atoms with Crippen LogP contribution in [0.5, 0.6) is 0 Å². The van der Waals surface area contributed by atoms with E-state index in [1.807, 2.05) is 25.1 Å². The fraction of sp³-hybridized carbons (Fsp3) is 0.462. The zero-order valence-electron chi connectivity index (χ0n) is 10.3. The highest BCUT2D eigenvalue weighted by molar-refractivity contribution is 9.10. The minimum absolute atomic E-state index is 0.0328. The summed E-state index contributed by atoms with van der Waals surface area (Å²) < 4.78 is 0.870. The van der Waals surface area contributed by atoms with E-state index in [0.717, 1.165) is 15.4 Å². The summed E-state index contributed by atoms with van der Waals surface area (Å²) in [4.78, 5) is 12.0. The quantitative estimate of drug-likeness (QED) is 0.808. The van der Waals surface area contributed by atoms with Gasteiger partial charge in [0.1, 0.15) is 0 Å². The number of carbonyl (C=O) groups excluding carboxylic acids is 1. The lowest BCUT2D eigenvalue weighted by molar-refractivity contribution is 0.0939. The van der Waals surface area contributed by atoms with Crippen LogP contribution in [0.3, 0.4) is 0 Å². The standard InChI is InChI=1S/C13H17Br2NO/c1-9-5-4-6-10(11(9)15)12(17)16-8-13(2,3)7-14/h4-6H,7-8H2,1-3H3,(H,16,17). The maximum atomic E-state index is 12.0. The van der Waals surface area contributed by atoms with Crippen LogP contribution in [-0.4, -0.2) is 17.8 Å². The zero-order valence-corrected chi connectivity index (χ0v) is 13.5. The number of amides is 1. The van der Waals surface area contributed by atoms with Gasteiger partial charge in [-0.1, -0.05) is 41.9 Å². The van der Waals surface area contributed by atoms with E-state index in [4.69, 9.17) is 0 Å². The molecule has 1 N–H and O–H groups in total. The van der Waals surface area contributed by atoms with Crippen LogP contribution in [-0.2, 0) is 0 Å². The molecule has 0 atom stereocenters. The average Bonchev–Trinajstić information content (AvgIpc) is 2.30. The van der Waals surface area contributed by atoms with E-state index in [0.29, 0.717) is 12.1 Å². The first-order valence-electron chi connectivity index (χ1n) is 5.47. The van der Waals surface area contributed by atoms with Crippen molar-refractivity contribution in [2.24, 2.45) is 5.41 Å². The SMILES string of the molecule is Cc1cccc(C(=O)NCC(C)(C)CBr)c1Br. The third kappa shape index (κ3) is 4.11. The Morgan fingerprint density at radius 2 is 2.06 bits per heavy atom. The maximum Gasteiger partial charge on any atom is 0.252 e. The minimum Gasteiger partial charge on any atom is -0.351 e. The smallest absolute Gasteiger partial charge is 0.252 e. The summed E-state index contributed by atoms with van der Waals surface area (Å²) in [5.41, 5.74) is 1.82. The second kappa shape index (κ2) is 6.01. The molecule has 0 aliphatic heterocycles. The van der Waals surface area contributed by atoms with Gasteiger partial charge in [0.05, 0.1) is 5.56 Å². The van der Waals surface area contributed by atoms with E-state index in [9.17, 15) is 4.79 Å². The van der Waals surface area contributed by atoms with Crippen molar-refractivity contribution < 1.29 is 4.79 Å². The molecule has 1 amide bonds. The molecule has 0 aromatic heterocycles. The van der Waals surface area contributed by atoms with E-state index >= 15 is 0 Å². The number of aryl methyl sites for hydroxylation is 1. The van der Waals surface area contributed by atoms with Crippen molar-refractivity contribution in [3.63, 3.8) is 0 Å². The monoisotopic (exact) mass is 361 g/mol. The van der Waals surface area contributed by atoms with Crippen molar-refractivity contribution in [2.75, 3.05) is 11.9 Å². The molecule has 0 aliphatic carbocycles. The second-order valence-electron chi connectivity index (χ2n) is 4.92. The number of carbonyl (C=O) groups is 1. The molecule has 0 aliphatic rings. The first-order chi connectivity index (χ1) is 7.87. The van der Waals surface area contributed by atoms with Gasteiger partial charge in [-0.3, -0.25) is 4.79 Å². The van der Waals surface area contributed by atoms with E-state index in [-0.39, 0.29) is 11.3 Å². The second-order valence-corrected chi connectivity index (χ2v) is 6.27. The van der Waals surface area contributed by atoms with Gasteiger partial charge in [-0.05, 0) is 39.9 Å². The summed E-state index contributed by atoms with van der Waals surface area (Å²) in [6, 6.07) is 5.70. The van der Waals surface area contributed by atoms with E-state index in [1.165, 1.54) is 0 Å². The van der Waals surface area contributed by atoms with Crippen molar-refractivity contribution in [1.82, 2.24) is 5.32 Å². The van der Waals surface area contributed by atoms with Crippen LogP contribution >= 0.6 is 31.9 Å². The molecule has 1 rings (SSSR count). The number of nitrogens with one attached hydrogen (secondary N) is 1. The van der Waals surface area contributed by atoms with Gasteiger partial charge < -0.3 is 5.32 Å². The Kier molecular flexibility index (Phi) is 5.20. The van der Waals surface area contributed by atoms with Crippen LogP contribution in [0.2, 0.25) is 0 Å². The van der Waals surface area contributed by atoms with Crippen LogP contribution < -0.4 is 5.32 Å². The third-order valence-electron chi connectivity index (χ3n) is 2.53. The number of hydrogen-bond acceptors (Lipinski definition) is 1. The van der Waals surface area contributed by atoms with Gasteiger partial charge in [0, 0.05) is 16.3 Å². The molecule has 0 bridgehead atoms. The normalized spacial score (nSPS) is 11.4. The molecule has 0 heterocycles. The van der Waals surface area contributed by atoms with Crippen molar-refractivity contribution in [1.29, 1.82) is 0 Å². The van der Waals surface area contributed by atoms with E-state index in [2.05, 4.69) is 51.0 Å². The van der Waals surface area contributed by atoms with Gasteiger partial charge in [-0.15, -0.1) is 0 Å². The van der Waals surface area contributed by atoms with Crippen LogP contribution in [0.1, 0.15) is 29.8 Å². The zero-order chi connectivity index (χ0) is 13.1. The molecule has 4 heteroatoms. The third-order valence-corrected chi connectivity index (χ3v) is 5.10. The highest BCUT2D eigenvalue weighted by atomic mass is 79.9. The molecule has 0 radical (unpaired) electrons. The van der Waals surface area contributed by atoms with Gasteiger partial charge in [0.25, 0.3) is 5.91 Å². The van der Waals surface area contributed by atoms with Crippen LogP contribution in [0.15, 0.2) is 22.7 Å². The lowest BCUT2D eigenvalue weighted by Crippen LogP contribution is -2.35. The summed E-state index contributed by atoms with van der Waals surface area (Å²) in [7, 11) is 0. The predicted octanol–water partition coefficient (Wildman–Crippen LogP) is 3.91. The van der Waals surface area contributed by atoms with Gasteiger partial charge in [0.2, 0.25) is 0 Å². The predicted molar refractivity (Wildman–Crippen MR) is 78.8 cm³/mol. The molecule has 2 nitrogen and oxygen atoms in total. The van der Waals surface area contributed by atoms with Crippen molar-refractivity contribution in [2.45, 2.75) is 20.8 Å². The molecular formula is C13H17Br2NO. The molecule has 0 unspecified atom stereocenters. The van der Waals surface area contributed by atoms with Crippen LogP contribution in [0, 0.1) is 12.3 Å². The fourth-order valence-corrected chi connectivity index (χ4v) is 1.93. The van der Waals surface area contributed by atoms with Gasteiger partial charge in [-0.25, -0.2) is 0 Å². The Bertz CT molecular complexity index is 416. The van der Waals surface area contributed by atoms with Gasteiger partial charge >= 0.3 is 0 Å². The summed E-state index contributed by atoms with van der Waals surface area (Å²) >= 11 is 6.89. The summed E-state index contributed by atoms with van der Waals surface area (Å²) in [5, 5.41) is 3.82. The molecule has 94 valence electrons. The highest BCUT2D eigenvalue weighted by Gasteiger charge is 2.18. The number of rotatable bonds is 4. The summed E-state index contributed by atoms with van der Waals surface area (Å²) in [6.07, 6.45) is 0. The molecule has 0 saturated heterocycles. The number of halogens is 2. The highest BCUT2D eigenvalue weighted by Crippen LogP contribution is 2.21. The number of benzene rings is 1. The van der Waals surface area contributed by atoms with Crippen LogP contribution in [0.25, 0.3) is 0 Å². The Balaban J connectivity index is 2.74. The molecule has 0 fully saturated rings. The first-order valence-corrected chi connectivity index (χ1v) is 7.38. The van der Waals surface area contributed by atoms with E-state index in [1.54, 1.807) is 0 Å². The van der Waals surface area contributed by atoms with Gasteiger partial charge in [0.15, 0.2) is 0 Å². The van der Waals surface area contributed by atoms with Crippen molar-refractivity contribution >= 4 is 37.8 Å². The molecule has 0 saturated carbocycles. The average molecular weight is 363 g/mol. The molecular weight excluding hydrogens is 346 g/mol. The lowest BCUT2D eigenvalue weighted by Gasteiger charge is -2.22. The Morgan fingerprint density at radius 1 is 1.41 bits per heavy atom. The fourth-order valence-electron chi connectivity index (χ4n) is 1.28. The van der Waals surface area contributed by atoms with Gasteiger partial charge in [-0.2, -0.15) is 0 Å². The maximum absolute atomic E-state index is 12.0. The molecule has 1 aromatic carbocycles. The Labute approximate surface area is 119 Å². The van der Waals surface area contributed by atoms with Crippen molar-refractivity contribution in [3.05, 3.63) is 33.8 Å². The minimum atomic E-state index is -0.0328. The number of alkyl halides is 1. The topological polar surface area (TPSA) is 29.1 Å². The summed E-state index contributed by atoms with van der Waals surface area (Å²) in [6.45, 7) is 6.83. The Morgan fingerprint density at radius 3 is 2.65 bits per heavy atom. The van der Waals surface area contributed by atoms with Crippen LogP contribution in [0.4, 0.5) is 0 Å². The molecule has 1 aromatic rings. The summed E-state index contributed by atoms with van der Waals surface area (Å²) in [5.74, 6) is -0.0328.